The number of ketones is 1. The van der Waals surface area contributed by atoms with Crippen LogP contribution in [0.4, 0.5) is 0 Å². The van der Waals surface area contributed by atoms with Gasteiger partial charge in [0, 0.05) is 12.3 Å². The SMILES string of the molecule is CC(=O)c1nn(CC(=O)O)c2c(C)cccc12. The zero-order chi connectivity index (χ0) is 12.6. The highest BCUT2D eigenvalue weighted by atomic mass is 16.4. The van der Waals surface area contributed by atoms with Gasteiger partial charge in [-0.15, -0.1) is 0 Å². The average Bonchev–Trinajstić information content (AvgIpc) is 2.57. The fourth-order valence-corrected chi connectivity index (χ4v) is 1.92. The van der Waals surface area contributed by atoms with Crippen LogP contribution in [0.25, 0.3) is 10.9 Å². The van der Waals surface area contributed by atoms with E-state index in [2.05, 4.69) is 5.10 Å². The molecule has 0 bridgehead atoms. The molecule has 5 nitrogen and oxygen atoms in total. The van der Waals surface area contributed by atoms with Gasteiger partial charge in [0.05, 0.1) is 5.52 Å². The molecule has 1 aromatic carbocycles. The van der Waals surface area contributed by atoms with Crippen LogP contribution in [0.3, 0.4) is 0 Å². The number of carboxylic acid groups (broad SMARTS) is 1. The van der Waals surface area contributed by atoms with Crippen LogP contribution in [0.15, 0.2) is 18.2 Å². The van der Waals surface area contributed by atoms with Crippen molar-refractivity contribution in [3.63, 3.8) is 0 Å². The highest BCUT2D eigenvalue weighted by Crippen LogP contribution is 2.22. The number of aliphatic carboxylic acids is 1. The number of hydrogen-bond acceptors (Lipinski definition) is 3. The molecule has 0 fully saturated rings. The number of aromatic nitrogens is 2. The molecular weight excluding hydrogens is 220 g/mol. The summed E-state index contributed by atoms with van der Waals surface area (Å²) >= 11 is 0. The number of carbonyl (C=O) groups is 2. The molecule has 0 spiro atoms. The van der Waals surface area contributed by atoms with E-state index < -0.39 is 5.97 Å². The zero-order valence-electron chi connectivity index (χ0n) is 9.60. The second-order valence-corrected chi connectivity index (χ2v) is 3.93. The third-order valence-corrected chi connectivity index (χ3v) is 2.59. The van der Waals surface area contributed by atoms with Crippen LogP contribution in [0, 0.1) is 6.92 Å². The van der Waals surface area contributed by atoms with Gasteiger partial charge < -0.3 is 5.11 Å². The van der Waals surface area contributed by atoms with E-state index in [1.54, 1.807) is 6.07 Å². The van der Waals surface area contributed by atoms with E-state index in [1.807, 2.05) is 19.1 Å². The average molecular weight is 232 g/mol. The largest absolute Gasteiger partial charge is 0.480 e. The lowest BCUT2D eigenvalue weighted by atomic mass is 10.1. The van der Waals surface area contributed by atoms with Gasteiger partial charge in [0.25, 0.3) is 0 Å². The third kappa shape index (κ3) is 1.91. The Morgan fingerprint density at radius 2 is 2.12 bits per heavy atom. The Labute approximate surface area is 97.7 Å². The van der Waals surface area contributed by atoms with Crippen molar-refractivity contribution >= 4 is 22.7 Å². The van der Waals surface area contributed by atoms with Gasteiger partial charge in [0.15, 0.2) is 5.78 Å². The Hall–Kier alpha value is -2.17. The Balaban J connectivity index is 2.75. The fourth-order valence-electron chi connectivity index (χ4n) is 1.92. The van der Waals surface area contributed by atoms with Crippen molar-refractivity contribution in [1.29, 1.82) is 0 Å². The molecule has 5 heteroatoms. The van der Waals surface area contributed by atoms with Gasteiger partial charge in [-0.05, 0) is 12.5 Å². The minimum atomic E-state index is -0.979. The summed E-state index contributed by atoms with van der Waals surface area (Å²) in [5.41, 5.74) is 1.94. The number of benzene rings is 1. The number of hydrogen-bond donors (Lipinski definition) is 1. The normalized spacial score (nSPS) is 10.7. The van der Waals surface area contributed by atoms with Crippen molar-refractivity contribution < 1.29 is 14.7 Å². The molecule has 1 aromatic heterocycles. The predicted molar refractivity (Wildman–Crippen MR) is 62.1 cm³/mol. The summed E-state index contributed by atoms with van der Waals surface area (Å²) in [6, 6.07) is 5.48. The summed E-state index contributed by atoms with van der Waals surface area (Å²) in [6.45, 7) is 3.05. The molecule has 88 valence electrons. The summed E-state index contributed by atoms with van der Waals surface area (Å²) in [4.78, 5) is 22.2. The van der Waals surface area contributed by atoms with Crippen LogP contribution in [-0.4, -0.2) is 26.6 Å². The van der Waals surface area contributed by atoms with Gasteiger partial charge in [-0.25, -0.2) is 0 Å². The van der Waals surface area contributed by atoms with Crippen molar-refractivity contribution in [2.75, 3.05) is 0 Å². The highest BCUT2D eigenvalue weighted by Gasteiger charge is 2.16. The molecule has 0 unspecified atom stereocenters. The first kappa shape index (κ1) is 11.3. The molecule has 0 aliphatic rings. The van der Waals surface area contributed by atoms with Crippen molar-refractivity contribution in [2.45, 2.75) is 20.4 Å². The highest BCUT2D eigenvalue weighted by molar-refractivity contribution is 6.05. The van der Waals surface area contributed by atoms with Gasteiger partial charge in [-0.2, -0.15) is 5.10 Å². The van der Waals surface area contributed by atoms with Gasteiger partial charge in [-0.3, -0.25) is 14.3 Å². The first-order valence-electron chi connectivity index (χ1n) is 5.19. The molecule has 0 aliphatic carbocycles. The number of rotatable bonds is 3. The molecular formula is C12H12N2O3. The first-order chi connectivity index (χ1) is 8.00. The molecule has 2 aromatic rings. The number of aryl methyl sites for hydroxylation is 1. The smallest absolute Gasteiger partial charge is 0.325 e. The topological polar surface area (TPSA) is 72.2 Å². The monoisotopic (exact) mass is 232 g/mol. The summed E-state index contributed by atoms with van der Waals surface area (Å²) in [5, 5.41) is 13.6. The molecule has 17 heavy (non-hydrogen) atoms. The number of para-hydroxylation sites is 1. The Kier molecular flexibility index (Phi) is 2.67. The van der Waals surface area contributed by atoms with E-state index in [9.17, 15) is 9.59 Å². The quantitative estimate of drug-likeness (QED) is 0.816. The minimum Gasteiger partial charge on any atom is -0.480 e. The molecule has 0 saturated carbocycles. The second kappa shape index (κ2) is 4.01. The number of nitrogens with zero attached hydrogens (tertiary/aromatic N) is 2. The molecule has 0 aliphatic heterocycles. The maximum absolute atomic E-state index is 11.4. The van der Waals surface area contributed by atoms with Crippen LogP contribution in [0.1, 0.15) is 23.0 Å². The maximum Gasteiger partial charge on any atom is 0.325 e. The zero-order valence-corrected chi connectivity index (χ0v) is 9.60. The van der Waals surface area contributed by atoms with E-state index in [-0.39, 0.29) is 12.3 Å². The summed E-state index contributed by atoms with van der Waals surface area (Å²) in [5.74, 6) is -1.14. The van der Waals surface area contributed by atoms with E-state index in [0.29, 0.717) is 16.6 Å². The van der Waals surface area contributed by atoms with E-state index in [0.717, 1.165) is 5.56 Å². The minimum absolute atomic E-state index is 0.162. The lowest BCUT2D eigenvalue weighted by Gasteiger charge is -2.01. The Morgan fingerprint density at radius 3 is 2.71 bits per heavy atom. The molecule has 0 amide bonds. The van der Waals surface area contributed by atoms with Crippen LogP contribution in [0.2, 0.25) is 0 Å². The van der Waals surface area contributed by atoms with E-state index in [1.165, 1.54) is 11.6 Å². The number of Topliss-reactive ketones (excluding diaryl/α,β-unsaturated/α-hetero) is 1. The number of carboxylic acids is 1. The predicted octanol–water partition coefficient (Wildman–Crippen LogP) is 1.63. The van der Waals surface area contributed by atoms with Gasteiger partial charge in [0.1, 0.15) is 12.2 Å². The molecule has 1 N–H and O–H groups in total. The molecule has 0 saturated heterocycles. The van der Waals surface area contributed by atoms with Crippen molar-refractivity contribution in [1.82, 2.24) is 9.78 Å². The van der Waals surface area contributed by atoms with Gasteiger partial charge >= 0.3 is 5.97 Å². The van der Waals surface area contributed by atoms with Gasteiger partial charge in [-0.1, -0.05) is 18.2 Å². The van der Waals surface area contributed by atoms with E-state index in [4.69, 9.17) is 5.11 Å². The second-order valence-electron chi connectivity index (χ2n) is 3.93. The number of fused-ring (bicyclic) bond motifs is 1. The van der Waals surface area contributed by atoms with Gasteiger partial charge in [0.2, 0.25) is 0 Å². The lowest BCUT2D eigenvalue weighted by Crippen LogP contribution is -2.11. The number of carbonyl (C=O) groups excluding carboxylic acids is 1. The van der Waals surface area contributed by atoms with Crippen LogP contribution < -0.4 is 0 Å². The van der Waals surface area contributed by atoms with E-state index >= 15 is 0 Å². The van der Waals surface area contributed by atoms with Crippen LogP contribution in [0.5, 0.6) is 0 Å². The summed E-state index contributed by atoms with van der Waals surface area (Å²) < 4.78 is 1.36. The third-order valence-electron chi connectivity index (χ3n) is 2.59. The molecule has 2 rings (SSSR count). The first-order valence-corrected chi connectivity index (χ1v) is 5.19. The van der Waals surface area contributed by atoms with Crippen molar-refractivity contribution in [3.8, 4) is 0 Å². The molecule has 0 radical (unpaired) electrons. The Morgan fingerprint density at radius 1 is 1.41 bits per heavy atom. The maximum atomic E-state index is 11.4. The summed E-state index contributed by atoms with van der Waals surface area (Å²) in [6.07, 6.45) is 0. The fraction of sp³-hybridized carbons (Fsp3) is 0.250. The standard InChI is InChI=1S/C12H12N2O3/c1-7-4-3-5-9-11(8(2)15)13-14(12(7)9)6-10(16)17/h3-5H,6H2,1-2H3,(H,16,17). The van der Waals surface area contributed by atoms with Crippen LogP contribution in [-0.2, 0) is 11.3 Å². The summed E-state index contributed by atoms with van der Waals surface area (Å²) in [7, 11) is 0. The Bertz CT molecular complexity index is 613. The van der Waals surface area contributed by atoms with Crippen molar-refractivity contribution in [3.05, 3.63) is 29.5 Å². The lowest BCUT2D eigenvalue weighted by molar-refractivity contribution is -0.137. The van der Waals surface area contributed by atoms with Crippen LogP contribution >= 0.6 is 0 Å². The molecule has 1 heterocycles. The van der Waals surface area contributed by atoms with Crippen molar-refractivity contribution in [2.24, 2.45) is 0 Å². The molecule has 0 atom stereocenters.